The number of aromatic nitrogens is 2. The molecule has 4 nitrogen and oxygen atoms in total. The Labute approximate surface area is 152 Å². The molecule has 0 radical (unpaired) electrons. The molecule has 0 unspecified atom stereocenters. The molecule has 3 rings (SSSR count). The Hall–Kier alpha value is -2.53. The summed E-state index contributed by atoms with van der Waals surface area (Å²) in [6, 6.07) is 11.9. The molecule has 2 heterocycles. The summed E-state index contributed by atoms with van der Waals surface area (Å²) in [6.45, 7) is 8.78. The number of fused-ring (bicyclic) bond motifs is 1. The molecule has 0 aliphatic rings. The summed E-state index contributed by atoms with van der Waals surface area (Å²) in [4.78, 5) is 17.0. The average molecular weight is 353 g/mol. The van der Waals surface area contributed by atoms with E-state index >= 15 is 0 Å². The summed E-state index contributed by atoms with van der Waals surface area (Å²) in [5.74, 6) is -0.249. The lowest BCUT2D eigenvalue weighted by Gasteiger charge is -2.32. The Balaban J connectivity index is 1.90. The molecule has 0 bridgehead atoms. The number of pyridine rings is 1. The third kappa shape index (κ3) is 3.83. The third-order valence-electron chi connectivity index (χ3n) is 4.50. The van der Waals surface area contributed by atoms with Crippen LogP contribution in [0.1, 0.15) is 43.6 Å². The van der Waals surface area contributed by atoms with E-state index in [1.807, 2.05) is 19.1 Å². The highest BCUT2D eigenvalue weighted by Gasteiger charge is 2.26. The zero-order chi connectivity index (χ0) is 18.9. The highest BCUT2D eigenvalue weighted by molar-refractivity contribution is 5.46. The summed E-state index contributed by atoms with van der Waals surface area (Å²) in [5.41, 5.74) is 3.15. The Morgan fingerprint density at radius 2 is 1.88 bits per heavy atom. The zero-order valence-electron chi connectivity index (χ0n) is 15.6. The van der Waals surface area contributed by atoms with E-state index in [4.69, 9.17) is 0 Å². The van der Waals surface area contributed by atoms with E-state index in [0.29, 0.717) is 17.9 Å². The standard InChI is InChI=1S/C21H24FN3O/c1-14-6-5-11-25-18(26)12-17(24-20(14)25)13-23-19(21(2,3)4)15-7-9-16(22)10-8-15/h5-12,19,23H,13H2,1-4H3/t19-/m0/s1. The molecule has 0 fully saturated rings. The number of hydrogen-bond donors (Lipinski definition) is 1. The Bertz CT molecular complexity index is 971. The van der Waals surface area contributed by atoms with Gasteiger partial charge in [-0.25, -0.2) is 9.37 Å². The molecular weight excluding hydrogens is 329 g/mol. The first kappa shape index (κ1) is 18.3. The summed E-state index contributed by atoms with van der Waals surface area (Å²) in [5, 5.41) is 3.49. The lowest BCUT2D eigenvalue weighted by molar-refractivity contribution is 0.270. The zero-order valence-corrected chi connectivity index (χ0v) is 15.6. The predicted molar refractivity (Wildman–Crippen MR) is 102 cm³/mol. The van der Waals surface area contributed by atoms with Gasteiger partial charge in [0.25, 0.3) is 5.56 Å². The van der Waals surface area contributed by atoms with Crippen LogP contribution in [-0.2, 0) is 6.54 Å². The number of halogens is 1. The largest absolute Gasteiger partial charge is 0.304 e. The van der Waals surface area contributed by atoms with Crippen molar-refractivity contribution in [3.05, 3.63) is 81.7 Å². The second-order valence-electron chi connectivity index (χ2n) is 7.70. The van der Waals surface area contributed by atoms with Crippen LogP contribution in [0.5, 0.6) is 0 Å². The molecule has 136 valence electrons. The lowest BCUT2D eigenvalue weighted by Crippen LogP contribution is -2.32. The number of nitrogens with one attached hydrogen (secondary N) is 1. The van der Waals surface area contributed by atoms with E-state index in [2.05, 4.69) is 31.1 Å². The minimum atomic E-state index is -0.249. The van der Waals surface area contributed by atoms with Crippen molar-refractivity contribution in [1.82, 2.24) is 14.7 Å². The molecule has 0 saturated carbocycles. The molecule has 1 aromatic carbocycles. The highest BCUT2D eigenvalue weighted by Crippen LogP contribution is 2.33. The second-order valence-corrected chi connectivity index (χ2v) is 7.70. The van der Waals surface area contributed by atoms with Gasteiger partial charge in [-0.3, -0.25) is 9.20 Å². The molecule has 0 amide bonds. The molecular formula is C21H24FN3O. The van der Waals surface area contributed by atoms with Crippen LogP contribution in [0.4, 0.5) is 4.39 Å². The van der Waals surface area contributed by atoms with Gasteiger partial charge in [-0.05, 0) is 41.7 Å². The molecule has 1 atom stereocenters. The molecule has 5 heteroatoms. The van der Waals surface area contributed by atoms with Crippen molar-refractivity contribution in [3.63, 3.8) is 0 Å². The van der Waals surface area contributed by atoms with Crippen molar-refractivity contribution in [2.45, 2.75) is 40.3 Å². The van der Waals surface area contributed by atoms with Crippen molar-refractivity contribution < 1.29 is 4.39 Å². The second kappa shape index (κ2) is 7.00. The fraction of sp³-hybridized carbons (Fsp3) is 0.333. The van der Waals surface area contributed by atoms with E-state index < -0.39 is 0 Å². The Morgan fingerprint density at radius 1 is 1.19 bits per heavy atom. The van der Waals surface area contributed by atoms with Crippen LogP contribution < -0.4 is 10.9 Å². The molecule has 2 aromatic heterocycles. The Morgan fingerprint density at radius 3 is 2.54 bits per heavy atom. The van der Waals surface area contributed by atoms with Gasteiger partial charge in [0.15, 0.2) is 0 Å². The van der Waals surface area contributed by atoms with Gasteiger partial charge < -0.3 is 5.32 Å². The summed E-state index contributed by atoms with van der Waals surface area (Å²) in [6.07, 6.45) is 1.73. The van der Waals surface area contributed by atoms with Crippen LogP contribution >= 0.6 is 0 Å². The van der Waals surface area contributed by atoms with E-state index in [-0.39, 0.29) is 22.8 Å². The highest BCUT2D eigenvalue weighted by atomic mass is 19.1. The third-order valence-corrected chi connectivity index (χ3v) is 4.50. The Kier molecular flexibility index (Phi) is 4.92. The van der Waals surface area contributed by atoms with E-state index in [1.54, 1.807) is 28.8 Å². The van der Waals surface area contributed by atoms with Gasteiger partial charge in [-0.1, -0.05) is 39.0 Å². The SMILES string of the molecule is Cc1cccn2c(=O)cc(CN[C@@H](c3ccc(F)cc3)C(C)(C)C)nc12. The molecule has 0 aliphatic carbocycles. The van der Waals surface area contributed by atoms with Gasteiger partial charge in [0.1, 0.15) is 11.5 Å². The fourth-order valence-electron chi connectivity index (χ4n) is 3.19. The van der Waals surface area contributed by atoms with Crippen molar-refractivity contribution in [2.24, 2.45) is 5.41 Å². The summed E-state index contributed by atoms with van der Waals surface area (Å²) >= 11 is 0. The minimum absolute atomic E-state index is 0.000206. The maximum atomic E-state index is 13.3. The molecule has 0 saturated heterocycles. The van der Waals surface area contributed by atoms with Crippen LogP contribution in [0.2, 0.25) is 0 Å². The first-order valence-electron chi connectivity index (χ1n) is 8.72. The molecule has 0 spiro atoms. The van der Waals surface area contributed by atoms with E-state index in [1.165, 1.54) is 12.1 Å². The normalized spacial score (nSPS) is 13.1. The first-order valence-corrected chi connectivity index (χ1v) is 8.72. The average Bonchev–Trinajstić information content (AvgIpc) is 2.56. The number of hydrogen-bond acceptors (Lipinski definition) is 3. The van der Waals surface area contributed by atoms with E-state index in [9.17, 15) is 9.18 Å². The van der Waals surface area contributed by atoms with Gasteiger partial charge in [-0.15, -0.1) is 0 Å². The lowest BCUT2D eigenvalue weighted by atomic mass is 9.82. The van der Waals surface area contributed by atoms with Gasteiger partial charge in [0.2, 0.25) is 0 Å². The topological polar surface area (TPSA) is 46.4 Å². The minimum Gasteiger partial charge on any atom is -0.304 e. The predicted octanol–water partition coefficient (Wildman–Crippen LogP) is 4.02. The molecule has 0 aliphatic heterocycles. The van der Waals surface area contributed by atoms with Gasteiger partial charge >= 0.3 is 0 Å². The smallest absolute Gasteiger partial charge is 0.258 e. The number of benzene rings is 1. The molecule has 26 heavy (non-hydrogen) atoms. The van der Waals surface area contributed by atoms with Crippen LogP contribution in [0.3, 0.4) is 0 Å². The van der Waals surface area contributed by atoms with Crippen molar-refractivity contribution in [3.8, 4) is 0 Å². The van der Waals surface area contributed by atoms with Crippen LogP contribution in [0.25, 0.3) is 5.65 Å². The van der Waals surface area contributed by atoms with Crippen molar-refractivity contribution in [1.29, 1.82) is 0 Å². The van der Waals surface area contributed by atoms with Gasteiger partial charge in [-0.2, -0.15) is 0 Å². The summed E-state index contributed by atoms with van der Waals surface area (Å²) < 4.78 is 14.8. The number of aryl methyl sites for hydroxylation is 1. The summed E-state index contributed by atoms with van der Waals surface area (Å²) in [7, 11) is 0. The van der Waals surface area contributed by atoms with Crippen LogP contribution in [-0.4, -0.2) is 9.38 Å². The van der Waals surface area contributed by atoms with E-state index in [0.717, 1.165) is 11.1 Å². The maximum Gasteiger partial charge on any atom is 0.258 e. The molecule has 3 aromatic rings. The van der Waals surface area contributed by atoms with Gasteiger partial charge in [0, 0.05) is 24.8 Å². The van der Waals surface area contributed by atoms with Crippen LogP contribution in [0.15, 0.2) is 53.5 Å². The van der Waals surface area contributed by atoms with Gasteiger partial charge in [0.05, 0.1) is 5.69 Å². The quantitative estimate of drug-likeness (QED) is 0.771. The number of rotatable bonds is 4. The number of nitrogens with zero attached hydrogens (tertiary/aromatic N) is 2. The first-order chi connectivity index (χ1) is 12.3. The van der Waals surface area contributed by atoms with Crippen LogP contribution in [0, 0.1) is 18.2 Å². The fourth-order valence-corrected chi connectivity index (χ4v) is 3.19. The monoisotopic (exact) mass is 353 g/mol. The van der Waals surface area contributed by atoms with Crippen molar-refractivity contribution in [2.75, 3.05) is 0 Å². The maximum absolute atomic E-state index is 13.3. The van der Waals surface area contributed by atoms with Crippen molar-refractivity contribution >= 4 is 5.65 Å². The molecule has 1 N–H and O–H groups in total.